The molecule has 1 aliphatic heterocycles. The van der Waals surface area contributed by atoms with E-state index in [4.69, 9.17) is 27.9 Å². The quantitative estimate of drug-likeness (QED) is 0.835. The Labute approximate surface area is 110 Å². The predicted molar refractivity (Wildman–Crippen MR) is 68.4 cm³/mol. The Morgan fingerprint density at radius 1 is 1.29 bits per heavy atom. The van der Waals surface area contributed by atoms with Crippen molar-refractivity contribution >= 4 is 29.0 Å². The highest BCUT2D eigenvalue weighted by molar-refractivity contribution is 6.42. The number of rotatable bonds is 3. The first-order valence-electron chi connectivity index (χ1n) is 5.44. The molecule has 0 N–H and O–H groups in total. The van der Waals surface area contributed by atoms with E-state index < -0.39 is 0 Å². The Kier molecular flexibility index (Phi) is 4.08. The minimum atomic E-state index is 0.0862. The van der Waals surface area contributed by atoms with E-state index in [2.05, 4.69) is 0 Å². The van der Waals surface area contributed by atoms with Gasteiger partial charge in [0.05, 0.1) is 22.9 Å². The average molecular weight is 271 g/mol. The summed E-state index contributed by atoms with van der Waals surface area (Å²) in [5, 5.41) is 0.980. The van der Waals surface area contributed by atoms with E-state index in [-0.39, 0.29) is 5.78 Å². The van der Waals surface area contributed by atoms with E-state index in [1.54, 1.807) is 18.4 Å². The maximum Gasteiger partial charge on any atom is 0.166 e. The molecule has 0 bridgehead atoms. The lowest BCUT2D eigenvalue weighted by atomic mass is 10.00. The zero-order valence-corrected chi connectivity index (χ0v) is 10.7. The summed E-state index contributed by atoms with van der Waals surface area (Å²) in [6.45, 7) is 0.698. The van der Waals surface area contributed by atoms with Crippen molar-refractivity contribution in [3.63, 3.8) is 0 Å². The van der Waals surface area contributed by atoms with Gasteiger partial charge in [0.2, 0.25) is 0 Å². The van der Waals surface area contributed by atoms with Gasteiger partial charge >= 0.3 is 0 Å². The van der Waals surface area contributed by atoms with Gasteiger partial charge in [0.15, 0.2) is 5.78 Å². The number of Topliss-reactive ketones (excluding diaryl/α,β-unsaturated/α-hetero) is 1. The highest BCUT2D eigenvalue weighted by Crippen LogP contribution is 2.23. The third-order valence-electron chi connectivity index (χ3n) is 2.64. The van der Waals surface area contributed by atoms with Crippen LogP contribution in [-0.2, 0) is 16.0 Å². The van der Waals surface area contributed by atoms with Crippen molar-refractivity contribution in [3.8, 4) is 0 Å². The van der Waals surface area contributed by atoms with E-state index in [1.165, 1.54) is 0 Å². The van der Waals surface area contributed by atoms with Crippen LogP contribution in [0.1, 0.15) is 18.4 Å². The van der Waals surface area contributed by atoms with Crippen molar-refractivity contribution in [2.75, 3.05) is 6.61 Å². The second-order valence-corrected chi connectivity index (χ2v) is 4.78. The summed E-state index contributed by atoms with van der Waals surface area (Å²) >= 11 is 11.7. The third-order valence-corrected chi connectivity index (χ3v) is 3.38. The molecule has 90 valence electrons. The summed E-state index contributed by atoms with van der Waals surface area (Å²) in [6.07, 6.45) is 3.61. The first-order chi connectivity index (χ1) is 8.16. The Morgan fingerprint density at radius 2 is 2.12 bits per heavy atom. The third kappa shape index (κ3) is 3.24. The smallest absolute Gasteiger partial charge is 0.166 e. The van der Waals surface area contributed by atoms with Crippen molar-refractivity contribution in [2.24, 2.45) is 0 Å². The molecule has 0 saturated heterocycles. The van der Waals surface area contributed by atoms with Crippen LogP contribution in [0.25, 0.3) is 0 Å². The van der Waals surface area contributed by atoms with Crippen LogP contribution in [0.2, 0.25) is 10.0 Å². The molecule has 0 amide bonds. The van der Waals surface area contributed by atoms with Crippen molar-refractivity contribution < 1.29 is 9.53 Å². The molecular formula is C13H12Cl2O2. The average Bonchev–Trinajstić information content (AvgIpc) is 2.35. The summed E-state index contributed by atoms with van der Waals surface area (Å²) in [7, 11) is 0. The van der Waals surface area contributed by atoms with E-state index in [9.17, 15) is 4.79 Å². The van der Waals surface area contributed by atoms with Crippen molar-refractivity contribution in [1.82, 2.24) is 0 Å². The van der Waals surface area contributed by atoms with Crippen LogP contribution in [-0.4, -0.2) is 12.4 Å². The number of ether oxygens (including phenoxy) is 1. The first-order valence-corrected chi connectivity index (χ1v) is 6.20. The second-order valence-electron chi connectivity index (χ2n) is 3.97. The fraction of sp³-hybridized carbons (Fsp3) is 0.308. The Balaban J connectivity index is 2.07. The largest absolute Gasteiger partial charge is 0.501 e. The molecule has 4 heteroatoms. The molecule has 0 radical (unpaired) electrons. The molecular weight excluding hydrogens is 259 g/mol. The number of allylic oxidation sites excluding steroid dienone is 1. The summed E-state index contributed by atoms with van der Waals surface area (Å²) in [5.41, 5.74) is 1.62. The molecule has 0 spiro atoms. The Bertz CT molecular complexity index is 466. The van der Waals surface area contributed by atoms with Gasteiger partial charge in [-0.15, -0.1) is 0 Å². The lowest BCUT2D eigenvalue weighted by Crippen LogP contribution is -2.11. The molecule has 0 fully saturated rings. The van der Waals surface area contributed by atoms with Crippen LogP contribution < -0.4 is 0 Å². The second kappa shape index (κ2) is 5.56. The number of ketones is 1. The van der Waals surface area contributed by atoms with Gasteiger partial charge in [-0.25, -0.2) is 0 Å². The molecule has 0 aromatic heterocycles. The normalized spacial score (nSPS) is 15.1. The number of hydrogen-bond donors (Lipinski definition) is 0. The zero-order valence-electron chi connectivity index (χ0n) is 9.21. The monoisotopic (exact) mass is 270 g/mol. The number of carbonyl (C=O) groups is 1. The molecule has 1 aromatic carbocycles. The van der Waals surface area contributed by atoms with Gasteiger partial charge in [0.1, 0.15) is 0 Å². The topological polar surface area (TPSA) is 26.3 Å². The Hall–Kier alpha value is -0.990. The SMILES string of the molecule is O=C(Cc1ccc(Cl)c(Cl)c1)C1=COCCC1. The highest BCUT2D eigenvalue weighted by Gasteiger charge is 2.14. The number of benzene rings is 1. The fourth-order valence-corrected chi connectivity index (χ4v) is 2.04. The number of carbonyl (C=O) groups excluding carboxylic acids is 1. The molecule has 0 atom stereocenters. The molecule has 2 rings (SSSR count). The van der Waals surface area contributed by atoms with Gasteiger partial charge in [0.25, 0.3) is 0 Å². The molecule has 0 saturated carbocycles. The number of halogens is 2. The van der Waals surface area contributed by atoms with Crippen LogP contribution in [0, 0.1) is 0 Å². The van der Waals surface area contributed by atoms with Gasteiger partial charge in [-0.1, -0.05) is 29.3 Å². The maximum absolute atomic E-state index is 11.9. The van der Waals surface area contributed by atoms with Crippen molar-refractivity contribution in [1.29, 1.82) is 0 Å². The van der Waals surface area contributed by atoms with Crippen LogP contribution >= 0.6 is 23.2 Å². The maximum atomic E-state index is 11.9. The van der Waals surface area contributed by atoms with Gasteiger partial charge < -0.3 is 4.74 Å². The summed E-state index contributed by atoms with van der Waals surface area (Å²) in [6, 6.07) is 5.25. The first kappa shape index (κ1) is 12.5. The zero-order chi connectivity index (χ0) is 12.3. The van der Waals surface area contributed by atoms with Crippen LogP contribution in [0.5, 0.6) is 0 Å². The van der Waals surface area contributed by atoms with Gasteiger partial charge in [-0.2, -0.15) is 0 Å². The standard InChI is InChI=1S/C13H12Cl2O2/c14-11-4-3-9(6-12(11)15)7-13(16)10-2-1-5-17-8-10/h3-4,6,8H,1-2,5,7H2. The summed E-state index contributed by atoms with van der Waals surface area (Å²) in [5.74, 6) is 0.0862. The van der Waals surface area contributed by atoms with Crippen LogP contribution in [0.15, 0.2) is 30.0 Å². The fourth-order valence-electron chi connectivity index (χ4n) is 1.72. The van der Waals surface area contributed by atoms with Gasteiger partial charge in [0, 0.05) is 12.0 Å². The van der Waals surface area contributed by atoms with E-state index >= 15 is 0 Å². The highest BCUT2D eigenvalue weighted by atomic mass is 35.5. The van der Waals surface area contributed by atoms with Gasteiger partial charge in [-0.3, -0.25) is 4.79 Å². The molecule has 17 heavy (non-hydrogen) atoms. The lowest BCUT2D eigenvalue weighted by Gasteiger charge is -2.12. The van der Waals surface area contributed by atoms with E-state index in [0.717, 1.165) is 24.0 Å². The van der Waals surface area contributed by atoms with Crippen molar-refractivity contribution in [2.45, 2.75) is 19.3 Å². The van der Waals surface area contributed by atoms with Crippen LogP contribution in [0.4, 0.5) is 0 Å². The molecule has 0 unspecified atom stereocenters. The van der Waals surface area contributed by atoms with E-state index in [1.807, 2.05) is 6.07 Å². The van der Waals surface area contributed by atoms with Gasteiger partial charge in [-0.05, 0) is 30.5 Å². The number of hydrogen-bond acceptors (Lipinski definition) is 2. The Morgan fingerprint density at radius 3 is 2.76 bits per heavy atom. The minimum absolute atomic E-state index is 0.0862. The predicted octanol–water partition coefficient (Wildman–Crippen LogP) is 3.80. The lowest BCUT2D eigenvalue weighted by molar-refractivity contribution is -0.115. The minimum Gasteiger partial charge on any atom is -0.501 e. The molecule has 1 heterocycles. The summed E-state index contributed by atoms with van der Waals surface area (Å²) < 4.78 is 5.15. The summed E-state index contributed by atoms with van der Waals surface area (Å²) in [4.78, 5) is 11.9. The van der Waals surface area contributed by atoms with Crippen molar-refractivity contribution in [3.05, 3.63) is 45.6 Å². The molecule has 1 aliphatic rings. The van der Waals surface area contributed by atoms with E-state index in [0.29, 0.717) is 23.1 Å². The molecule has 0 aliphatic carbocycles. The molecule has 2 nitrogen and oxygen atoms in total. The van der Waals surface area contributed by atoms with Crippen LogP contribution in [0.3, 0.4) is 0 Å². The molecule has 1 aromatic rings.